The van der Waals surface area contributed by atoms with Crippen molar-refractivity contribution in [1.29, 1.82) is 0 Å². The maximum atomic E-state index is 11.7. The van der Waals surface area contributed by atoms with Gasteiger partial charge in [-0.25, -0.2) is 0 Å². The van der Waals surface area contributed by atoms with Crippen LogP contribution in [0.15, 0.2) is 54.6 Å². The Bertz CT molecular complexity index is 589. The normalized spacial score (nSPS) is 13.7. The summed E-state index contributed by atoms with van der Waals surface area (Å²) in [5.74, 6) is -0.766. The Kier molecular flexibility index (Phi) is 4.23. The minimum atomic E-state index is -0.844. The number of aryl methyl sites for hydroxylation is 2. The highest BCUT2D eigenvalue weighted by Crippen LogP contribution is 2.30. The molecule has 104 valence electrons. The van der Waals surface area contributed by atoms with E-state index in [0.29, 0.717) is 6.42 Å². The number of hydrogen-bond acceptors (Lipinski definition) is 1. The number of benzene rings is 2. The molecule has 0 aliphatic rings. The summed E-state index contributed by atoms with van der Waals surface area (Å²) in [5.41, 5.74) is 2.45. The van der Waals surface area contributed by atoms with Crippen LogP contribution in [0.4, 0.5) is 0 Å². The van der Waals surface area contributed by atoms with Gasteiger partial charge in [-0.3, -0.25) is 4.79 Å². The smallest absolute Gasteiger partial charge is 0.313 e. The molecule has 0 heterocycles. The third-order valence-electron chi connectivity index (χ3n) is 4.04. The minimum absolute atomic E-state index is 0.594. The van der Waals surface area contributed by atoms with E-state index in [-0.39, 0.29) is 0 Å². The first-order chi connectivity index (χ1) is 9.54. The molecule has 2 aromatic carbocycles. The van der Waals surface area contributed by atoms with Gasteiger partial charge >= 0.3 is 5.97 Å². The molecule has 0 aromatic heterocycles. The summed E-state index contributed by atoms with van der Waals surface area (Å²) >= 11 is 0. The molecule has 1 unspecified atom stereocenters. The van der Waals surface area contributed by atoms with Crippen molar-refractivity contribution in [3.05, 3.63) is 71.3 Å². The molecule has 0 saturated carbocycles. The molecule has 1 N–H and O–H groups in total. The summed E-state index contributed by atoms with van der Waals surface area (Å²) in [6, 6.07) is 17.6. The van der Waals surface area contributed by atoms with Gasteiger partial charge in [-0.1, -0.05) is 54.6 Å². The largest absolute Gasteiger partial charge is 0.481 e. The number of rotatable bonds is 5. The van der Waals surface area contributed by atoms with Gasteiger partial charge in [0.15, 0.2) is 0 Å². The molecule has 0 radical (unpaired) electrons. The van der Waals surface area contributed by atoms with Gasteiger partial charge in [0.25, 0.3) is 0 Å². The van der Waals surface area contributed by atoms with E-state index < -0.39 is 11.4 Å². The predicted molar refractivity (Wildman–Crippen MR) is 80.9 cm³/mol. The fourth-order valence-electron chi connectivity index (χ4n) is 2.46. The maximum absolute atomic E-state index is 11.7. The molecular weight excluding hydrogens is 248 g/mol. The Hall–Kier alpha value is -2.09. The standard InChI is InChI=1S/C18H20O2/c1-14-8-6-7-9-15(14)12-13-18(2,17(19)20)16-10-4-3-5-11-16/h3-11H,12-13H2,1-2H3,(H,19,20). The van der Waals surface area contributed by atoms with Gasteiger partial charge in [0, 0.05) is 0 Å². The van der Waals surface area contributed by atoms with Crippen LogP contribution < -0.4 is 0 Å². The van der Waals surface area contributed by atoms with Crippen molar-refractivity contribution in [3.63, 3.8) is 0 Å². The second kappa shape index (κ2) is 5.91. The van der Waals surface area contributed by atoms with Crippen molar-refractivity contribution in [1.82, 2.24) is 0 Å². The van der Waals surface area contributed by atoms with Crippen molar-refractivity contribution < 1.29 is 9.90 Å². The molecule has 0 fully saturated rings. The second-order valence-corrected chi connectivity index (χ2v) is 5.43. The molecule has 0 bridgehead atoms. The quantitative estimate of drug-likeness (QED) is 0.891. The summed E-state index contributed by atoms with van der Waals surface area (Å²) in [5, 5.41) is 9.63. The van der Waals surface area contributed by atoms with E-state index in [4.69, 9.17) is 0 Å². The van der Waals surface area contributed by atoms with E-state index in [0.717, 1.165) is 12.0 Å². The SMILES string of the molecule is Cc1ccccc1CCC(C)(C(=O)O)c1ccccc1. The van der Waals surface area contributed by atoms with E-state index in [2.05, 4.69) is 19.1 Å². The lowest BCUT2D eigenvalue weighted by atomic mass is 9.77. The predicted octanol–water partition coefficient (Wildman–Crippen LogP) is 3.97. The summed E-state index contributed by atoms with van der Waals surface area (Å²) in [6.07, 6.45) is 1.36. The summed E-state index contributed by atoms with van der Waals surface area (Å²) in [6.45, 7) is 3.87. The zero-order valence-electron chi connectivity index (χ0n) is 12.0. The first-order valence-electron chi connectivity index (χ1n) is 6.87. The number of carboxylic acid groups (broad SMARTS) is 1. The number of carbonyl (C=O) groups is 1. The lowest BCUT2D eigenvalue weighted by molar-refractivity contribution is -0.143. The Morgan fingerprint density at radius 1 is 1.05 bits per heavy atom. The minimum Gasteiger partial charge on any atom is -0.481 e. The zero-order chi connectivity index (χ0) is 14.6. The number of hydrogen-bond donors (Lipinski definition) is 1. The van der Waals surface area contributed by atoms with E-state index in [1.165, 1.54) is 11.1 Å². The van der Waals surface area contributed by atoms with Gasteiger partial charge < -0.3 is 5.11 Å². The summed E-state index contributed by atoms with van der Waals surface area (Å²) < 4.78 is 0. The molecule has 1 atom stereocenters. The lowest BCUT2D eigenvalue weighted by Crippen LogP contribution is -2.33. The lowest BCUT2D eigenvalue weighted by Gasteiger charge is -2.25. The van der Waals surface area contributed by atoms with Crippen LogP contribution in [-0.4, -0.2) is 11.1 Å². The molecule has 2 aromatic rings. The zero-order valence-corrected chi connectivity index (χ0v) is 12.0. The number of aliphatic carboxylic acids is 1. The van der Waals surface area contributed by atoms with Gasteiger partial charge in [-0.05, 0) is 43.4 Å². The molecular formula is C18H20O2. The summed E-state index contributed by atoms with van der Waals surface area (Å²) in [7, 11) is 0. The molecule has 0 aliphatic carbocycles. The van der Waals surface area contributed by atoms with Gasteiger partial charge in [-0.2, -0.15) is 0 Å². The third-order valence-corrected chi connectivity index (χ3v) is 4.04. The monoisotopic (exact) mass is 268 g/mol. The van der Waals surface area contributed by atoms with Crippen LogP contribution in [0.5, 0.6) is 0 Å². The molecule has 0 aliphatic heterocycles. The molecule has 0 saturated heterocycles. The molecule has 2 rings (SSSR count). The highest BCUT2D eigenvalue weighted by molar-refractivity contribution is 5.80. The van der Waals surface area contributed by atoms with E-state index >= 15 is 0 Å². The Morgan fingerprint density at radius 2 is 1.65 bits per heavy atom. The van der Waals surface area contributed by atoms with Crippen LogP contribution in [0.3, 0.4) is 0 Å². The van der Waals surface area contributed by atoms with Crippen LogP contribution >= 0.6 is 0 Å². The molecule has 2 heteroatoms. The Morgan fingerprint density at radius 3 is 2.25 bits per heavy atom. The van der Waals surface area contributed by atoms with Gasteiger partial charge in [0.05, 0.1) is 5.41 Å². The van der Waals surface area contributed by atoms with Gasteiger partial charge in [-0.15, -0.1) is 0 Å². The van der Waals surface area contributed by atoms with Crippen molar-refractivity contribution in [2.45, 2.75) is 32.1 Å². The first kappa shape index (κ1) is 14.3. The second-order valence-electron chi connectivity index (χ2n) is 5.43. The van der Waals surface area contributed by atoms with Crippen LogP contribution in [0.2, 0.25) is 0 Å². The average Bonchev–Trinajstić information content (AvgIpc) is 2.47. The fraction of sp³-hybridized carbons (Fsp3) is 0.278. The van der Waals surface area contributed by atoms with Gasteiger partial charge in [0.2, 0.25) is 0 Å². The highest BCUT2D eigenvalue weighted by atomic mass is 16.4. The summed E-state index contributed by atoms with van der Waals surface area (Å²) in [4.78, 5) is 11.7. The van der Waals surface area contributed by atoms with Crippen LogP contribution in [0.1, 0.15) is 30.0 Å². The Labute approximate surface area is 120 Å². The van der Waals surface area contributed by atoms with Crippen LogP contribution in [0, 0.1) is 6.92 Å². The van der Waals surface area contributed by atoms with Crippen molar-refractivity contribution in [2.24, 2.45) is 0 Å². The Balaban J connectivity index is 2.23. The van der Waals surface area contributed by atoms with Crippen LogP contribution in [-0.2, 0) is 16.6 Å². The average molecular weight is 268 g/mol. The maximum Gasteiger partial charge on any atom is 0.313 e. The van der Waals surface area contributed by atoms with E-state index in [1.54, 1.807) is 0 Å². The third kappa shape index (κ3) is 2.90. The van der Waals surface area contributed by atoms with Crippen molar-refractivity contribution in [2.75, 3.05) is 0 Å². The number of carboxylic acids is 1. The molecule has 0 spiro atoms. The van der Waals surface area contributed by atoms with Crippen LogP contribution in [0.25, 0.3) is 0 Å². The molecule has 20 heavy (non-hydrogen) atoms. The van der Waals surface area contributed by atoms with Gasteiger partial charge in [0.1, 0.15) is 0 Å². The van der Waals surface area contributed by atoms with Crippen molar-refractivity contribution >= 4 is 5.97 Å². The van der Waals surface area contributed by atoms with E-state index in [9.17, 15) is 9.90 Å². The molecule has 2 nitrogen and oxygen atoms in total. The highest BCUT2D eigenvalue weighted by Gasteiger charge is 2.34. The fourth-order valence-corrected chi connectivity index (χ4v) is 2.46. The van der Waals surface area contributed by atoms with Crippen molar-refractivity contribution in [3.8, 4) is 0 Å². The topological polar surface area (TPSA) is 37.3 Å². The van der Waals surface area contributed by atoms with E-state index in [1.807, 2.05) is 49.4 Å². The molecule has 0 amide bonds. The first-order valence-corrected chi connectivity index (χ1v) is 6.87.